The summed E-state index contributed by atoms with van der Waals surface area (Å²) in [6.07, 6.45) is 2.06. The van der Waals surface area contributed by atoms with Crippen molar-refractivity contribution in [3.05, 3.63) is 100 Å². The number of rotatable bonds is 8. The molecule has 0 amide bonds. The zero-order valence-electron chi connectivity index (χ0n) is 16.0. The summed E-state index contributed by atoms with van der Waals surface area (Å²) in [5.74, 6) is 0.232. The van der Waals surface area contributed by atoms with Crippen LogP contribution in [0.25, 0.3) is 5.57 Å². The topological polar surface area (TPSA) is 55.8 Å². The Kier molecular flexibility index (Phi) is 7.09. The van der Waals surface area contributed by atoms with E-state index < -0.39 is 5.97 Å². The Bertz CT molecular complexity index is 995. The fourth-order valence-electron chi connectivity index (χ4n) is 2.88. The van der Waals surface area contributed by atoms with Crippen LogP contribution >= 0.6 is 15.9 Å². The Morgan fingerprint density at radius 3 is 2.31 bits per heavy atom. The Morgan fingerprint density at radius 1 is 0.966 bits per heavy atom. The van der Waals surface area contributed by atoms with Gasteiger partial charge in [-0.25, -0.2) is 4.79 Å². The molecule has 0 saturated heterocycles. The zero-order chi connectivity index (χ0) is 20.6. The number of hydrogen-bond donors (Lipinski definition) is 1. The van der Waals surface area contributed by atoms with Crippen molar-refractivity contribution >= 4 is 27.5 Å². The van der Waals surface area contributed by atoms with E-state index in [4.69, 9.17) is 14.6 Å². The van der Waals surface area contributed by atoms with E-state index in [0.29, 0.717) is 18.1 Å². The van der Waals surface area contributed by atoms with Gasteiger partial charge >= 0.3 is 5.97 Å². The lowest BCUT2D eigenvalue weighted by Gasteiger charge is -2.12. The average molecular weight is 453 g/mol. The molecule has 148 valence electrons. The molecule has 0 bridgehead atoms. The number of carbonyl (C=O) groups is 1. The number of carboxylic acids is 1. The number of halogens is 1. The van der Waals surface area contributed by atoms with E-state index in [2.05, 4.69) is 46.3 Å². The van der Waals surface area contributed by atoms with Crippen molar-refractivity contribution in [3.63, 3.8) is 0 Å². The highest BCUT2D eigenvalue weighted by molar-refractivity contribution is 9.10. The van der Waals surface area contributed by atoms with Crippen molar-refractivity contribution in [2.75, 3.05) is 13.2 Å². The molecule has 3 rings (SSSR count). The minimum atomic E-state index is -1.00. The summed E-state index contributed by atoms with van der Waals surface area (Å²) in [5.41, 5.74) is 4.14. The second-order valence-electron chi connectivity index (χ2n) is 6.41. The van der Waals surface area contributed by atoms with Crippen LogP contribution in [0, 0.1) is 6.92 Å². The molecule has 0 unspecified atom stereocenters. The van der Waals surface area contributed by atoms with Gasteiger partial charge in [-0.3, -0.25) is 0 Å². The van der Waals surface area contributed by atoms with Crippen molar-refractivity contribution in [1.29, 1.82) is 0 Å². The normalized spacial score (nSPS) is 11.2. The van der Waals surface area contributed by atoms with Gasteiger partial charge in [-0.2, -0.15) is 0 Å². The van der Waals surface area contributed by atoms with Crippen LogP contribution in [-0.4, -0.2) is 24.3 Å². The molecule has 5 heteroatoms. The molecular weight excluding hydrogens is 432 g/mol. The molecule has 0 aliphatic carbocycles. The number of aliphatic carboxylic acids is 1. The van der Waals surface area contributed by atoms with Crippen LogP contribution in [0.5, 0.6) is 11.5 Å². The number of aryl methyl sites for hydroxylation is 1. The third kappa shape index (κ3) is 5.96. The first-order valence-corrected chi connectivity index (χ1v) is 9.92. The van der Waals surface area contributed by atoms with Crippen molar-refractivity contribution in [1.82, 2.24) is 0 Å². The van der Waals surface area contributed by atoms with Crippen LogP contribution in [0.2, 0.25) is 0 Å². The summed E-state index contributed by atoms with van der Waals surface area (Å²) >= 11 is 3.48. The maximum Gasteiger partial charge on any atom is 0.341 e. The summed E-state index contributed by atoms with van der Waals surface area (Å²) in [6, 6.07) is 23.7. The molecule has 0 heterocycles. The van der Waals surface area contributed by atoms with E-state index >= 15 is 0 Å². The molecule has 29 heavy (non-hydrogen) atoms. The molecule has 0 aliphatic heterocycles. The van der Waals surface area contributed by atoms with Gasteiger partial charge in [0, 0.05) is 4.47 Å². The van der Waals surface area contributed by atoms with Gasteiger partial charge in [-0.05, 0) is 65.6 Å². The fourth-order valence-corrected chi connectivity index (χ4v) is 3.15. The molecular formula is C24H21BrO4. The van der Waals surface area contributed by atoms with Gasteiger partial charge < -0.3 is 14.6 Å². The molecule has 0 aliphatic rings. The Labute approximate surface area is 178 Å². The van der Waals surface area contributed by atoms with Crippen molar-refractivity contribution in [2.45, 2.75) is 6.92 Å². The first-order valence-electron chi connectivity index (χ1n) is 9.12. The number of hydrogen-bond acceptors (Lipinski definition) is 3. The quantitative estimate of drug-likeness (QED) is 0.473. The van der Waals surface area contributed by atoms with Gasteiger partial charge in [-0.1, -0.05) is 58.4 Å². The summed E-state index contributed by atoms with van der Waals surface area (Å²) in [4.78, 5) is 10.6. The predicted molar refractivity (Wildman–Crippen MR) is 117 cm³/mol. The minimum absolute atomic E-state index is 0.364. The third-order valence-electron chi connectivity index (χ3n) is 4.28. The SMILES string of the molecule is Cc1cc(OCC=C(c2ccccc2)c2ccc(Br)cc2)ccc1OCC(=O)O. The van der Waals surface area contributed by atoms with Crippen molar-refractivity contribution in [3.8, 4) is 11.5 Å². The van der Waals surface area contributed by atoms with Crippen LogP contribution in [0.4, 0.5) is 0 Å². The van der Waals surface area contributed by atoms with Crippen LogP contribution in [0.15, 0.2) is 83.3 Å². The third-order valence-corrected chi connectivity index (χ3v) is 4.80. The molecule has 3 aromatic carbocycles. The second-order valence-corrected chi connectivity index (χ2v) is 7.33. The van der Waals surface area contributed by atoms with E-state index in [0.717, 1.165) is 26.7 Å². The lowest BCUT2D eigenvalue weighted by Crippen LogP contribution is -2.10. The smallest absolute Gasteiger partial charge is 0.341 e. The molecule has 0 aromatic heterocycles. The van der Waals surface area contributed by atoms with Gasteiger partial charge in [0.25, 0.3) is 0 Å². The lowest BCUT2D eigenvalue weighted by molar-refractivity contribution is -0.139. The molecule has 0 radical (unpaired) electrons. The maximum atomic E-state index is 10.6. The predicted octanol–water partition coefficient (Wildman–Crippen LogP) is 5.73. The van der Waals surface area contributed by atoms with E-state index in [9.17, 15) is 4.79 Å². The Balaban J connectivity index is 1.75. The molecule has 0 saturated carbocycles. The Morgan fingerprint density at radius 2 is 1.66 bits per heavy atom. The van der Waals surface area contributed by atoms with Gasteiger partial charge in [0.2, 0.25) is 0 Å². The standard InChI is InChI=1S/C24H21BrO4/c1-17-15-21(11-12-23(17)29-16-24(26)27)28-14-13-22(18-5-3-2-4-6-18)19-7-9-20(25)10-8-19/h2-13,15H,14,16H2,1H3,(H,26,27). The number of benzene rings is 3. The number of ether oxygens (including phenoxy) is 2. The average Bonchev–Trinajstić information content (AvgIpc) is 2.72. The summed E-state index contributed by atoms with van der Waals surface area (Å²) in [7, 11) is 0. The lowest BCUT2D eigenvalue weighted by atomic mass is 9.98. The van der Waals surface area contributed by atoms with Gasteiger partial charge in [-0.15, -0.1) is 0 Å². The monoisotopic (exact) mass is 452 g/mol. The van der Waals surface area contributed by atoms with Crippen LogP contribution < -0.4 is 9.47 Å². The highest BCUT2D eigenvalue weighted by atomic mass is 79.9. The zero-order valence-corrected chi connectivity index (χ0v) is 17.6. The second kappa shape index (κ2) is 9.94. The van der Waals surface area contributed by atoms with E-state index in [1.807, 2.05) is 43.3 Å². The largest absolute Gasteiger partial charge is 0.489 e. The summed E-state index contributed by atoms with van der Waals surface area (Å²) < 4.78 is 12.2. The highest BCUT2D eigenvalue weighted by Crippen LogP contribution is 2.26. The van der Waals surface area contributed by atoms with Crippen LogP contribution in [0.3, 0.4) is 0 Å². The first-order chi connectivity index (χ1) is 14.0. The summed E-state index contributed by atoms with van der Waals surface area (Å²) in [5, 5.41) is 8.73. The highest BCUT2D eigenvalue weighted by Gasteiger charge is 2.07. The number of carboxylic acid groups (broad SMARTS) is 1. The fraction of sp³-hybridized carbons (Fsp3) is 0.125. The minimum Gasteiger partial charge on any atom is -0.489 e. The first kappa shape index (κ1) is 20.7. The van der Waals surface area contributed by atoms with E-state index in [1.165, 1.54) is 0 Å². The van der Waals surface area contributed by atoms with E-state index in [1.54, 1.807) is 12.1 Å². The molecule has 3 aromatic rings. The molecule has 0 fully saturated rings. The molecule has 4 nitrogen and oxygen atoms in total. The Hall–Kier alpha value is -3.05. The van der Waals surface area contributed by atoms with Crippen LogP contribution in [0.1, 0.15) is 16.7 Å². The summed E-state index contributed by atoms with van der Waals surface area (Å²) in [6.45, 7) is 1.89. The molecule has 0 spiro atoms. The maximum absolute atomic E-state index is 10.6. The van der Waals surface area contributed by atoms with E-state index in [-0.39, 0.29) is 6.61 Å². The van der Waals surface area contributed by atoms with Gasteiger partial charge in [0.15, 0.2) is 6.61 Å². The van der Waals surface area contributed by atoms with Gasteiger partial charge in [0.1, 0.15) is 18.1 Å². The molecule has 1 N–H and O–H groups in total. The van der Waals surface area contributed by atoms with Crippen molar-refractivity contribution < 1.29 is 19.4 Å². The van der Waals surface area contributed by atoms with Crippen molar-refractivity contribution in [2.24, 2.45) is 0 Å². The van der Waals surface area contributed by atoms with Gasteiger partial charge in [0.05, 0.1) is 0 Å². The van der Waals surface area contributed by atoms with Crippen LogP contribution in [-0.2, 0) is 4.79 Å². The molecule has 0 atom stereocenters.